The Balaban J connectivity index is 0.000000671. The van der Waals surface area contributed by atoms with Crippen LogP contribution in [0.4, 0.5) is 0 Å². The van der Waals surface area contributed by atoms with Gasteiger partial charge in [0, 0.05) is 6.04 Å². The molecule has 0 aromatic carbocycles. The van der Waals surface area contributed by atoms with Crippen molar-refractivity contribution < 1.29 is 5.11 Å². The van der Waals surface area contributed by atoms with Crippen molar-refractivity contribution >= 4 is 0 Å². The first-order chi connectivity index (χ1) is 6.34. The minimum atomic E-state index is -0.131. The third-order valence-electron chi connectivity index (χ3n) is 2.48. The van der Waals surface area contributed by atoms with Gasteiger partial charge in [-0.05, 0) is 25.8 Å². The summed E-state index contributed by atoms with van der Waals surface area (Å²) in [5, 5.41) is 12.9. The third kappa shape index (κ3) is 5.27. The SMILES string of the molecule is CC.CCC(O)C1CCCCCN1. The van der Waals surface area contributed by atoms with Crippen LogP contribution in [0.5, 0.6) is 0 Å². The smallest absolute Gasteiger partial charge is 0.0690 e. The van der Waals surface area contributed by atoms with Crippen molar-refractivity contribution in [3.63, 3.8) is 0 Å². The van der Waals surface area contributed by atoms with Gasteiger partial charge in [-0.1, -0.05) is 33.6 Å². The zero-order chi connectivity index (χ0) is 10.1. The summed E-state index contributed by atoms with van der Waals surface area (Å²) in [6.07, 6.45) is 5.75. The van der Waals surface area contributed by atoms with Crippen LogP contribution in [0.15, 0.2) is 0 Å². The first-order valence-electron chi connectivity index (χ1n) is 5.76. The average Bonchev–Trinajstić information content (AvgIpc) is 2.48. The molecule has 2 N–H and O–H groups in total. The van der Waals surface area contributed by atoms with E-state index in [0.717, 1.165) is 19.4 Å². The Morgan fingerprint density at radius 2 is 2.00 bits per heavy atom. The second kappa shape index (κ2) is 8.52. The molecule has 0 aromatic heterocycles. The largest absolute Gasteiger partial charge is 0.392 e. The predicted octanol–water partition coefficient (Wildman–Crippen LogP) is 2.32. The fraction of sp³-hybridized carbons (Fsp3) is 1.00. The lowest BCUT2D eigenvalue weighted by molar-refractivity contribution is 0.121. The molecule has 1 rings (SSSR count). The van der Waals surface area contributed by atoms with Gasteiger partial charge in [0.05, 0.1) is 6.10 Å². The Morgan fingerprint density at radius 1 is 1.31 bits per heavy atom. The Hall–Kier alpha value is -0.0800. The van der Waals surface area contributed by atoms with E-state index in [0.29, 0.717) is 6.04 Å². The lowest BCUT2D eigenvalue weighted by atomic mass is 10.0. The summed E-state index contributed by atoms with van der Waals surface area (Å²) in [6.45, 7) is 7.12. The van der Waals surface area contributed by atoms with Gasteiger partial charge in [-0.3, -0.25) is 0 Å². The summed E-state index contributed by atoms with van der Waals surface area (Å²) in [7, 11) is 0. The van der Waals surface area contributed by atoms with Crippen molar-refractivity contribution in [3.8, 4) is 0 Å². The maximum atomic E-state index is 9.55. The molecule has 80 valence electrons. The van der Waals surface area contributed by atoms with Crippen molar-refractivity contribution in [2.24, 2.45) is 0 Å². The molecule has 2 atom stereocenters. The maximum Gasteiger partial charge on any atom is 0.0690 e. The molecule has 1 heterocycles. The van der Waals surface area contributed by atoms with Gasteiger partial charge in [-0.2, -0.15) is 0 Å². The molecule has 1 saturated heterocycles. The molecule has 1 aliphatic rings. The van der Waals surface area contributed by atoms with Crippen LogP contribution in [0.2, 0.25) is 0 Å². The second-order valence-corrected chi connectivity index (χ2v) is 3.39. The molecular formula is C11H25NO. The molecule has 0 spiro atoms. The van der Waals surface area contributed by atoms with E-state index in [1.54, 1.807) is 0 Å². The van der Waals surface area contributed by atoms with Crippen LogP contribution in [0.3, 0.4) is 0 Å². The fourth-order valence-corrected chi connectivity index (χ4v) is 1.67. The van der Waals surface area contributed by atoms with E-state index in [2.05, 4.69) is 5.32 Å². The van der Waals surface area contributed by atoms with Crippen molar-refractivity contribution in [3.05, 3.63) is 0 Å². The van der Waals surface area contributed by atoms with Gasteiger partial charge in [-0.25, -0.2) is 0 Å². The minimum absolute atomic E-state index is 0.131. The van der Waals surface area contributed by atoms with Crippen LogP contribution in [0, 0.1) is 0 Å². The molecule has 2 unspecified atom stereocenters. The van der Waals surface area contributed by atoms with Crippen LogP contribution in [0.25, 0.3) is 0 Å². The van der Waals surface area contributed by atoms with E-state index >= 15 is 0 Å². The zero-order valence-electron chi connectivity index (χ0n) is 9.34. The number of nitrogens with one attached hydrogen (secondary N) is 1. The van der Waals surface area contributed by atoms with Gasteiger partial charge in [0.15, 0.2) is 0 Å². The molecule has 0 aromatic rings. The number of aliphatic hydroxyl groups excluding tert-OH is 1. The summed E-state index contributed by atoms with van der Waals surface area (Å²) in [5.41, 5.74) is 0. The highest BCUT2D eigenvalue weighted by molar-refractivity contribution is 4.76. The molecule has 2 nitrogen and oxygen atoms in total. The summed E-state index contributed by atoms with van der Waals surface area (Å²) in [5.74, 6) is 0. The molecule has 1 fully saturated rings. The van der Waals surface area contributed by atoms with Gasteiger partial charge < -0.3 is 10.4 Å². The molecule has 0 radical (unpaired) electrons. The predicted molar refractivity (Wildman–Crippen MR) is 57.9 cm³/mol. The average molecular weight is 187 g/mol. The summed E-state index contributed by atoms with van der Waals surface area (Å²) < 4.78 is 0. The first-order valence-corrected chi connectivity index (χ1v) is 5.76. The molecule has 2 heteroatoms. The summed E-state index contributed by atoms with van der Waals surface area (Å²) in [6, 6.07) is 0.363. The van der Waals surface area contributed by atoms with E-state index in [9.17, 15) is 5.11 Å². The lowest BCUT2D eigenvalue weighted by Gasteiger charge is -2.20. The molecule has 0 aliphatic carbocycles. The van der Waals surface area contributed by atoms with Crippen LogP contribution in [0.1, 0.15) is 52.9 Å². The third-order valence-corrected chi connectivity index (χ3v) is 2.48. The maximum absolute atomic E-state index is 9.55. The highest BCUT2D eigenvalue weighted by Gasteiger charge is 2.17. The summed E-state index contributed by atoms with van der Waals surface area (Å²) in [4.78, 5) is 0. The number of hydrogen-bond donors (Lipinski definition) is 2. The Labute approximate surface area is 82.7 Å². The van der Waals surface area contributed by atoms with Gasteiger partial charge in [0.2, 0.25) is 0 Å². The number of rotatable bonds is 2. The van der Waals surface area contributed by atoms with Crippen LogP contribution < -0.4 is 5.32 Å². The Kier molecular flexibility index (Phi) is 8.46. The Bertz CT molecular complexity index is 98.3. The van der Waals surface area contributed by atoms with Crippen molar-refractivity contribution in [2.75, 3.05) is 6.54 Å². The highest BCUT2D eigenvalue weighted by atomic mass is 16.3. The van der Waals surface area contributed by atoms with E-state index in [4.69, 9.17) is 0 Å². The lowest BCUT2D eigenvalue weighted by Crippen LogP contribution is -2.38. The molecule has 0 saturated carbocycles. The minimum Gasteiger partial charge on any atom is -0.392 e. The van der Waals surface area contributed by atoms with Gasteiger partial charge in [-0.15, -0.1) is 0 Å². The van der Waals surface area contributed by atoms with E-state index in [1.807, 2.05) is 20.8 Å². The van der Waals surface area contributed by atoms with E-state index < -0.39 is 0 Å². The zero-order valence-corrected chi connectivity index (χ0v) is 9.34. The van der Waals surface area contributed by atoms with Crippen molar-refractivity contribution in [1.82, 2.24) is 5.32 Å². The molecule has 13 heavy (non-hydrogen) atoms. The van der Waals surface area contributed by atoms with Gasteiger partial charge in [0.25, 0.3) is 0 Å². The summed E-state index contributed by atoms with van der Waals surface area (Å²) >= 11 is 0. The van der Waals surface area contributed by atoms with Crippen molar-refractivity contribution in [1.29, 1.82) is 0 Å². The quantitative estimate of drug-likeness (QED) is 0.695. The number of hydrogen-bond acceptors (Lipinski definition) is 2. The molecule has 0 bridgehead atoms. The molecule has 1 aliphatic heterocycles. The normalized spacial score (nSPS) is 25.4. The van der Waals surface area contributed by atoms with Crippen molar-refractivity contribution in [2.45, 2.75) is 65.0 Å². The van der Waals surface area contributed by atoms with Gasteiger partial charge >= 0.3 is 0 Å². The molecular weight excluding hydrogens is 162 g/mol. The van der Waals surface area contributed by atoms with E-state index in [-0.39, 0.29) is 6.10 Å². The monoisotopic (exact) mass is 187 g/mol. The van der Waals surface area contributed by atoms with Gasteiger partial charge in [0.1, 0.15) is 0 Å². The Morgan fingerprint density at radius 3 is 2.62 bits per heavy atom. The van der Waals surface area contributed by atoms with Crippen LogP contribution in [-0.2, 0) is 0 Å². The topological polar surface area (TPSA) is 32.3 Å². The van der Waals surface area contributed by atoms with Crippen LogP contribution in [-0.4, -0.2) is 23.8 Å². The molecule has 0 amide bonds. The highest BCUT2D eigenvalue weighted by Crippen LogP contribution is 2.12. The standard InChI is InChI=1S/C9H19NO.C2H6/c1-2-9(11)8-6-4-3-5-7-10-8;1-2/h8-11H,2-7H2,1H3;1-2H3. The fourth-order valence-electron chi connectivity index (χ4n) is 1.67. The van der Waals surface area contributed by atoms with E-state index in [1.165, 1.54) is 19.3 Å². The first kappa shape index (κ1) is 12.9. The number of aliphatic hydroxyl groups is 1. The van der Waals surface area contributed by atoms with Crippen LogP contribution >= 0.6 is 0 Å². The second-order valence-electron chi connectivity index (χ2n) is 3.39.